The van der Waals surface area contributed by atoms with Crippen molar-refractivity contribution in [2.75, 3.05) is 11.9 Å². The Kier molecular flexibility index (Phi) is 8.32. The minimum Gasteiger partial charge on any atom is -0.376 e. The van der Waals surface area contributed by atoms with Crippen LogP contribution in [0.25, 0.3) is 11.6 Å². The van der Waals surface area contributed by atoms with Crippen LogP contribution in [0.15, 0.2) is 53.3 Å². The van der Waals surface area contributed by atoms with E-state index in [0.717, 1.165) is 24.2 Å². The van der Waals surface area contributed by atoms with Crippen LogP contribution in [0.5, 0.6) is 0 Å². The molecule has 1 aromatic heterocycles. The molecule has 9 heteroatoms. The summed E-state index contributed by atoms with van der Waals surface area (Å²) < 4.78 is 7.96. The number of ketones is 1. The first-order chi connectivity index (χ1) is 18.1. The van der Waals surface area contributed by atoms with E-state index >= 15 is 0 Å². The number of halogens is 1. The third-order valence-corrected chi connectivity index (χ3v) is 7.48. The van der Waals surface area contributed by atoms with Gasteiger partial charge in [0.1, 0.15) is 16.3 Å². The van der Waals surface area contributed by atoms with E-state index in [0.29, 0.717) is 37.6 Å². The van der Waals surface area contributed by atoms with E-state index in [4.69, 9.17) is 16.3 Å². The van der Waals surface area contributed by atoms with E-state index in [9.17, 15) is 19.6 Å². The summed E-state index contributed by atoms with van der Waals surface area (Å²) in [6.07, 6.45) is 3.27. The number of Topliss-reactive ketones (excluding diaryl/α,β-unsaturated/α-hetero) is 1. The number of hydrogen-bond acceptors (Lipinski definition) is 6. The molecule has 0 unspecified atom stereocenters. The van der Waals surface area contributed by atoms with Crippen LogP contribution in [0.3, 0.4) is 0 Å². The topological polar surface area (TPSA) is 101 Å². The Morgan fingerprint density at radius 2 is 1.97 bits per heavy atom. The van der Waals surface area contributed by atoms with Gasteiger partial charge in [0.25, 0.3) is 11.5 Å². The molecule has 0 radical (unpaired) electrons. The fourth-order valence-corrected chi connectivity index (χ4v) is 5.33. The molecule has 1 N–H and O–H groups in total. The molecule has 2 aromatic carbocycles. The predicted molar refractivity (Wildman–Crippen MR) is 150 cm³/mol. The van der Waals surface area contributed by atoms with Crippen molar-refractivity contribution in [2.24, 2.45) is 5.41 Å². The minimum atomic E-state index is -0.777. The monoisotopic (exact) mass is 549 g/mol. The zero-order chi connectivity index (χ0) is 27.4. The number of ether oxygens (including phenoxy) is 1. The van der Waals surface area contributed by atoms with Gasteiger partial charge in [0.05, 0.1) is 17.2 Å². The number of benzene rings is 2. The van der Waals surface area contributed by atoms with Crippen LogP contribution in [-0.4, -0.2) is 29.0 Å². The summed E-state index contributed by atoms with van der Waals surface area (Å²) in [6, 6.07) is 15.7. The summed E-state index contributed by atoms with van der Waals surface area (Å²) in [5.74, 6) is -0.606. The molecular weight excluding hydrogens is 522 g/mol. The van der Waals surface area contributed by atoms with E-state index in [-0.39, 0.29) is 35.5 Å². The number of hydrogen-bond donors (Lipinski definition) is 1. The van der Waals surface area contributed by atoms with Crippen molar-refractivity contribution in [2.45, 2.75) is 46.3 Å². The average Bonchev–Trinajstić information content (AvgIpc) is 3.49. The number of amides is 1. The second-order valence-corrected chi connectivity index (χ2v) is 11.6. The molecule has 1 atom stereocenters. The second kappa shape index (κ2) is 11.5. The molecule has 0 aliphatic carbocycles. The smallest absolute Gasteiger partial charge is 0.269 e. The normalized spacial score (nSPS) is 16.7. The van der Waals surface area contributed by atoms with Gasteiger partial charge >= 0.3 is 0 Å². The second-order valence-electron chi connectivity index (χ2n) is 10.1. The molecule has 38 heavy (non-hydrogen) atoms. The summed E-state index contributed by atoms with van der Waals surface area (Å²) in [4.78, 5) is 39.2. The van der Waals surface area contributed by atoms with Crippen molar-refractivity contribution in [3.63, 3.8) is 0 Å². The molecule has 1 aliphatic heterocycles. The molecule has 3 aromatic rings. The summed E-state index contributed by atoms with van der Waals surface area (Å²) in [6.45, 7) is 6.15. The number of nitriles is 1. The molecule has 1 amide bonds. The number of carbonyl (C=O) groups excluding carboxylic acids is 2. The third kappa shape index (κ3) is 6.30. The predicted octanol–water partition coefficient (Wildman–Crippen LogP) is 4.11. The van der Waals surface area contributed by atoms with Gasteiger partial charge in [-0.1, -0.05) is 44.5 Å². The van der Waals surface area contributed by atoms with Crippen LogP contribution < -0.4 is 20.1 Å². The Balaban J connectivity index is 1.76. The summed E-state index contributed by atoms with van der Waals surface area (Å²) >= 11 is 7.03. The Bertz CT molecular complexity index is 1580. The summed E-state index contributed by atoms with van der Waals surface area (Å²) in [5.41, 5.74) is 0.620. The fourth-order valence-electron chi connectivity index (χ4n) is 4.10. The van der Waals surface area contributed by atoms with Gasteiger partial charge in [0.15, 0.2) is 5.78 Å². The zero-order valence-electron chi connectivity index (χ0n) is 21.4. The van der Waals surface area contributed by atoms with E-state index in [1.54, 1.807) is 69.3 Å². The molecular formula is C29H28ClN3O4S. The number of nitrogens with one attached hydrogen (secondary N) is 1. The molecule has 2 heterocycles. The lowest BCUT2D eigenvalue weighted by atomic mass is 9.87. The highest BCUT2D eigenvalue weighted by Gasteiger charge is 2.28. The molecule has 196 valence electrons. The van der Waals surface area contributed by atoms with Crippen LogP contribution in [0.2, 0.25) is 5.02 Å². The average molecular weight is 550 g/mol. The summed E-state index contributed by atoms with van der Waals surface area (Å²) in [7, 11) is 0. The lowest BCUT2D eigenvalue weighted by molar-refractivity contribution is -0.120. The lowest BCUT2D eigenvalue weighted by Gasteiger charge is -2.16. The minimum absolute atomic E-state index is 0.0266. The highest BCUT2D eigenvalue weighted by atomic mass is 35.5. The van der Waals surface area contributed by atoms with E-state index < -0.39 is 5.41 Å². The lowest BCUT2D eigenvalue weighted by Crippen LogP contribution is -2.37. The van der Waals surface area contributed by atoms with E-state index in [1.165, 1.54) is 4.57 Å². The zero-order valence-corrected chi connectivity index (χ0v) is 23.0. The quantitative estimate of drug-likeness (QED) is 0.498. The molecule has 1 saturated heterocycles. The van der Waals surface area contributed by atoms with Crippen LogP contribution in [0.1, 0.15) is 49.5 Å². The maximum absolute atomic E-state index is 13.5. The third-order valence-electron chi connectivity index (χ3n) is 6.10. The number of anilines is 1. The molecule has 0 spiro atoms. The molecule has 0 bridgehead atoms. The molecule has 0 saturated carbocycles. The van der Waals surface area contributed by atoms with Gasteiger partial charge in [-0.3, -0.25) is 19.0 Å². The van der Waals surface area contributed by atoms with Crippen LogP contribution >= 0.6 is 22.9 Å². The van der Waals surface area contributed by atoms with Gasteiger partial charge in [0.2, 0.25) is 0 Å². The van der Waals surface area contributed by atoms with Crippen molar-refractivity contribution in [1.82, 2.24) is 4.57 Å². The molecule has 1 fully saturated rings. The largest absolute Gasteiger partial charge is 0.376 e. The van der Waals surface area contributed by atoms with Crippen LogP contribution in [0.4, 0.5) is 5.69 Å². The van der Waals surface area contributed by atoms with Crippen molar-refractivity contribution < 1.29 is 14.3 Å². The molecule has 7 nitrogen and oxygen atoms in total. The van der Waals surface area contributed by atoms with E-state index in [1.807, 2.05) is 6.07 Å². The molecule has 4 rings (SSSR count). The Morgan fingerprint density at radius 3 is 2.61 bits per heavy atom. The van der Waals surface area contributed by atoms with Gasteiger partial charge < -0.3 is 10.1 Å². The van der Waals surface area contributed by atoms with E-state index in [2.05, 4.69) is 11.4 Å². The van der Waals surface area contributed by atoms with Crippen molar-refractivity contribution in [3.8, 4) is 6.07 Å². The van der Waals surface area contributed by atoms with Gasteiger partial charge in [0, 0.05) is 28.3 Å². The van der Waals surface area contributed by atoms with Crippen molar-refractivity contribution >= 4 is 52.0 Å². The molecule has 1 aliphatic rings. The van der Waals surface area contributed by atoms with Crippen LogP contribution in [0, 0.1) is 16.7 Å². The van der Waals surface area contributed by atoms with Crippen LogP contribution in [-0.2, 0) is 16.1 Å². The first-order valence-corrected chi connectivity index (χ1v) is 13.5. The van der Waals surface area contributed by atoms with Gasteiger partial charge in [-0.2, -0.15) is 5.26 Å². The number of nitrogens with zero attached hydrogens (tertiary/aromatic N) is 2. The van der Waals surface area contributed by atoms with Crippen molar-refractivity contribution in [1.29, 1.82) is 5.26 Å². The Hall–Kier alpha value is -3.51. The number of rotatable bonds is 6. The Morgan fingerprint density at radius 1 is 1.24 bits per heavy atom. The van der Waals surface area contributed by atoms with Gasteiger partial charge in [-0.05, 0) is 60.9 Å². The van der Waals surface area contributed by atoms with Crippen molar-refractivity contribution in [3.05, 3.63) is 84.2 Å². The summed E-state index contributed by atoms with van der Waals surface area (Å²) in [5, 5.41) is 13.3. The van der Waals surface area contributed by atoms with Gasteiger partial charge in [-0.25, -0.2) is 0 Å². The van der Waals surface area contributed by atoms with Gasteiger partial charge in [-0.15, -0.1) is 11.3 Å². The highest BCUT2D eigenvalue weighted by molar-refractivity contribution is 7.07. The number of aromatic nitrogens is 1. The first kappa shape index (κ1) is 27.5. The first-order valence-electron chi connectivity index (χ1n) is 12.3. The highest BCUT2D eigenvalue weighted by Crippen LogP contribution is 2.20. The SMILES string of the molecule is CC(C)(C)C(=O)/C(C#N)=c1/s/c(=C\c2cccc(NC(=O)c3ccc(Cl)cc3)c2)c(=O)n1C[C@H]1CCCO1. The maximum Gasteiger partial charge on any atom is 0.269 e. The number of thiazole rings is 1. The fraction of sp³-hybridized carbons (Fsp3) is 0.310. The number of carbonyl (C=O) groups is 2. The Labute approximate surface area is 229 Å². The standard InChI is InChI=1S/C29H28ClN3O4S/c1-29(2,3)25(34)23(16-31)28-33(17-22-8-5-13-37-22)27(36)24(38-28)15-18-6-4-7-21(14-18)32-26(35)19-9-11-20(30)12-10-19/h4,6-7,9-12,14-15,22H,5,8,13,17H2,1-3H3,(H,32,35)/b24-15-,28-23+/t22-/m1/s1. The maximum atomic E-state index is 13.5.